The summed E-state index contributed by atoms with van der Waals surface area (Å²) in [4.78, 5) is 25.6. The molecule has 0 aromatic carbocycles. The molecule has 1 saturated heterocycles. The van der Waals surface area contributed by atoms with E-state index in [-0.39, 0.29) is 6.42 Å². The number of carboxylic acid groups (broad SMARTS) is 1. The summed E-state index contributed by atoms with van der Waals surface area (Å²) in [6.07, 6.45) is 0.802. The minimum absolute atomic E-state index is 0.154. The van der Waals surface area contributed by atoms with Gasteiger partial charge in [0.25, 0.3) is 0 Å². The van der Waals surface area contributed by atoms with Crippen molar-refractivity contribution in [3.63, 3.8) is 0 Å². The minimum atomic E-state index is -1.31. The third kappa shape index (κ3) is 4.40. The molecule has 1 fully saturated rings. The Hall–Kier alpha value is -0.940. The smallest absolute Gasteiger partial charge is 0.372 e. The summed E-state index contributed by atoms with van der Waals surface area (Å²) < 4.78 is 0. The Labute approximate surface area is 89.7 Å². The van der Waals surface area contributed by atoms with Gasteiger partial charge >= 0.3 is 5.97 Å². The topological polar surface area (TPSA) is 60.9 Å². The average Bonchev–Trinajstić information content (AvgIpc) is 2.20. The van der Waals surface area contributed by atoms with Gasteiger partial charge in [0, 0.05) is 32.6 Å². The molecule has 0 atom stereocenters. The van der Waals surface area contributed by atoms with Gasteiger partial charge in [0.05, 0.1) is 0 Å². The number of carbonyl (C=O) groups excluding carboxylic acids is 1. The molecule has 1 heterocycles. The molecule has 0 bridgehead atoms. The molecule has 1 aliphatic heterocycles. The minimum Gasteiger partial charge on any atom is -0.476 e. The number of nitrogens with zero attached hydrogens (tertiary/aromatic N) is 2. The van der Waals surface area contributed by atoms with E-state index in [1.54, 1.807) is 0 Å². The first kappa shape index (κ1) is 12.1. The zero-order chi connectivity index (χ0) is 11.3. The van der Waals surface area contributed by atoms with Gasteiger partial charge < -0.3 is 14.9 Å². The molecule has 0 aromatic rings. The summed E-state index contributed by atoms with van der Waals surface area (Å²) in [6.45, 7) is 4.95. The lowest BCUT2D eigenvalue weighted by Gasteiger charge is -2.32. The molecule has 0 aliphatic carbocycles. The fraction of sp³-hybridized carbons (Fsp3) is 0.800. The first-order chi connectivity index (χ1) is 7.09. The van der Waals surface area contributed by atoms with E-state index in [4.69, 9.17) is 5.11 Å². The molecule has 15 heavy (non-hydrogen) atoms. The number of aliphatic carboxylic acids is 1. The second kappa shape index (κ2) is 5.82. The lowest BCUT2D eigenvalue weighted by atomic mass is 10.2. The number of hydrogen-bond acceptors (Lipinski definition) is 4. The van der Waals surface area contributed by atoms with Crippen LogP contribution in [0.25, 0.3) is 0 Å². The summed E-state index contributed by atoms with van der Waals surface area (Å²) >= 11 is 0. The van der Waals surface area contributed by atoms with Gasteiger partial charge in [0.1, 0.15) is 0 Å². The van der Waals surface area contributed by atoms with E-state index in [1.807, 2.05) is 0 Å². The lowest BCUT2D eigenvalue weighted by Crippen LogP contribution is -2.44. The summed E-state index contributed by atoms with van der Waals surface area (Å²) in [5.74, 6) is -1.99. The molecule has 0 unspecified atom stereocenters. The maximum absolute atomic E-state index is 10.8. The molecule has 5 heteroatoms. The summed E-state index contributed by atoms with van der Waals surface area (Å²) in [5, 5.41) is 8.38. The Balaban J connectivity index is 2.10. The van der Waals surface area contributed by atoms with Crippen LogP contribution >= 0.6 is 0 Å². The maximum Gasteiger partial charge on any atom is 0.372 e. The zero-order valence-electron chi connectivity index (χ0n) is 9.11. The van der Waals surface area contributed by atoms with Crippen molar-refractivity contribution in [3.8, 4) is 0 Å². The molecule has 1 rings (SSSR count). The van der Waals surface area contributed by atoms with Gasteiger partial charge in [-0.1, -0.05) is 0 Å². The van der Waals surface area contributed by atoms with Crippen LogP contribution in [0.15, 0.2) is 0 Å². The molecule has 1 aliphatic rings. The third-order valence-electron chi connectivity index (χ3n) is 2.71. The van der Waals surface area contributed by atoms with E-state index in [1.165, 1.54) is 0 Å². The Kier molecular flexibility index (Phi) is 4.71. The predicted octanol–water partition coefficient (Wildman–Crippen LogP) is -0.332. The molecule has 0 radical (unpaired) electrons. The first-order valence-corrected chi connectivity index (χ1v) is 5.26. The second-order valence-corrected chi connectivity index (χ2v) is 3.98. The van der Waals surface area contributed by atoms with Crippen molar-refractivity contribution in [2.45, 2.75) is 12.8 Å². The second-order valence-electron chi connectivity index (χ2n) is 3.98. The normalized spacial score (nSPS) is 19.0. The highest BCUT2D eigenvalue weighted by molar-refractivity contribution is 6.32. The van der Waals surface area contributed by atoms with Crippen LogP contribution in [0.2, 0.25) is 0 Å². The molecule has 0 saturated carbocycles. The molecular weight excluding hydrogens is 196 g/mol. The summed E-state index contributed by atoms with van der Waals surface area (Å²) in [7, 11) is 2.09. The number of Topliss-reactive ketones (excluding diaryl/α,β-unsaturated/α-hetero) is 1. The Morgan fingerprint density at radius 2 is 1.80 bits per heavy atom. The first-order valence-electron chi connectivity index (χ1n) is 5.26. The van der Waals surface area contributed by atoms with Crippen molar-refractivity contribution in [3.05, 3.63) is 0 Å². The monoisotopic (exact) mass is 214 g/mol. The maximum atomic E-state index is 10.8. The van der Waals surface area contributed by atoms with Crippen LogP contribution in [0.3, 0.4) is 0 Å². The van der Waals surface area contributed by atoms with Crippen molar-refractivity contribution in [1.29, 1.82) is 0 Å². The zero-order valence-corrected chi connectivity index (χ0v) is 9.11. The van der Waals surface area contributed by atoms with Crippen molar-refractivity contribution in [2.75, 3.05) is 39.8 Å². The van der Waals surface area contributed by atoms with Crippen molar-refractivity contribution in [1.82, 2.24) is 9.80 Å². The number of carbonyl (C=O) groups is 2. The molecule has 1 N–H and O–H groups in total. The van der Waals surface area contributed by atoms with Gasteiger partial charge in [0.15, 0.2) is 0 Å². The Bertz CT molecular complexity index is 235. The number of piperazine rings is 1. The van der Waals surface area contributed by atoms with Crippen LogP contribution in [0, 0.1) is 0 Å². The average molecular weight is 214 g/mol. The highest BCUT2D eigenvalue weighted by atomic mass is 16.4. The Morgan fingerprint density at radius 3 is 2.33 bits per heavy atom. The molecule has 0 aromatic heterocycles. The van der Waals surface area contributed by atoms with Crippen molar-refractivity contribution < 1.29 is 14.7 Å². The highest BCUT2D eigenvalue weighted by Crippen LogP contribution is 2.01. The van der Waals surface area contributed by atoms with Gasteiger partial charge in [-0.2, -0.15) is 0 Å². The highest BCUT2D eigenvalue weighted by Gasteiger charge is 2.15. The van der Waals surface area contributed by atoms with Crippen LogP contribution < -0.4 is 0 Å². The van der Waals surface area contributed by atoms with Gasteiger partial charge in [-0.3, -0.25) is 4.79 Å². The molecule has 0 amide bonds. The van der Waals surface area contributed by atoms with Gasteiger partial charge in [-0.25, -0.2) is 4.79 Å². The van der Waals surface area contributed by atoms with E-state index in [9.17, 15) is 9.59 Å². The van der Waals surface area contributed by atoms with Gasteiger partial charge in [-0.05, 0) is 20.0 Å². The standard InChI is InChI=1S/C10H18N2O3/c1-11-5-7-12(8-6-11)4-2-3-9(13)10(14)15/h2-8H2,1H3,(H,14,15). The van der Waals surface area contributed by atoms with Crippen LogP contribution in [0.5, 0.6) is 0 Å². The van der Waals surface area contributed by atoms with Crippen molar-refractivity contribution >= 4 is 11.8 Å². The fourth-order valence-corrected chi connectivity index (χ4v) is 1.64. The summed E-state index contributed by atoms with van der Waals surface area (Å²) in [6, 6.07) is 0. The third-order valence-corrected chi connectivity index (χ3v) is 2.71. The van der Waals surface area contributed by atoms with Gasteiger partial charge in [-0.15, -0.1) is 0 Å². The molecule has 5 nitrogen and oxygen atoms in total. The fourth-order valence-electron chi connectivity index (χ4n) is 1.64. The van der Waals surface area contributed by atoms with E-state index in [2.05, 4.69) is 16.8 Å². The van der Waals surface area contributed by atoms with Crippen LogP contribution in [0.4, 0.5) is 0 Å². The van der Waals surface area contributed by atoms with E-state index >= 15 is 0 Å². The van der Waals surface area contributed by atoms with E-state index < -0.39 is 11.8 Å². The number of rotatable bonds is 5. The summed E-state index contributed by atoms with van der Waals surface area (Å²) in [5.41, 5.74) is 0. The number of hydrogen-bond donors (Lipinski definition) is 1. The van der Waals surface area contributed by atoms with Crippen molar-refractivity contribution in [2.24, 2.45) is 0 Å². The van der Waals surface area contributed by atoms with E-state index in [0.717, 1.165) is 32.7 Å². The van der Waals surface area contributed by atoms with E-state index in [0.29, 0.717) is 6.42 Å². The van der Waals surface area contributed by atoms with Crippen LogP contribution in [-0.2, 0) is 9.59 Å². The molecule has 86 valence electrons. The molecular formula is C10H18N2O3. The van der Waals surface area contributed by atoms with Crippen LogP contribution in [0.1, 0.15) is 12.8 Å². The lowest BCUT2D eigenvalue weighted by molar-refractivity contribution is -0.149. The molecule has 0 spiro atoms. The van der Waals surface area contributed by atoms with Crippen LogP contribution in [-0.4, -0.2) is 66.4 Å². The Morgan fingerprint density at radius 1 is 1.20 bits per heavy atom. The predicted molar refractivity (Wildman–Crippen MR) is 55.8 cm³/mol. The van der Waals surface area contributed by atoms with Gasteiger partial charge in [0.2, 0.25) is 5.78 Å². The number of carboxylic acids is 1. The quantitative estimate of drug-likeness (QED) is 0.635. The number of likely N-dealkylation sites (N-methyl/N-ethyl adjacent to an activating group) is 1. The number of ketones is 1. The largest absolute Gasteiger partial charge is 0.476 e. The SMILES string of the molecule is CN1CCN(CCCC(=O)C(=O)O)CC1.